The lowest BCUT2D eigenvalue weighted by atomic mass is 9.88. The van der Waals surface area contributed by atoms with E-state index in [1.165, 1.54) is 34.1 Å². The van der Waals surface area contributed by atoms with Gasteiger partial charge >= 0.3 is 23.7 Å². The maximum absolute atomic E-state index is 15.4. The van der Waals surface area contributed by atoms with Crippen LogP contribution in [0.2, 0.25) is 0 Å². The zero-order valence-electron chi connectivity index (χ0n) is 68.2. The van der Waals surface area contributed by atoms with E-state index in [0.29, 0.717) is 123 Å². The first-order chi connectivity index (χ1) is 60.8. The van der Waals surface area contributed by atoms with Crippen molar-refractivity contribution in [3.8, 4) is 0 Å². The van der Waals surface area contributed by atoms with Crippen LogP contribution in [-0.2, 0) is 33.3 Å². The number of piperidine rings is 4. The van der Waals surface area contributed by atoms with E-state index in [-0.39, 0.29) is 94.5 Å². The number of fused-ring (bicyclic) bond motifs is 4. The van der Waals surface area contributed by atoms with Gasteiger partial charge in [-0.15, -0.1) is 0 Å². The van der Waals surface area contributed by atoms with E-state index < -0.39 is 221 Å². The van der Waals surface area contributed by atoms with Crippen molar-refractivity contribution >= 4 is 90.1 Å². The summed E-state index contributed by atoms with van der Waals surface area (Å²) in [5.41, 5.74) is -11.3. The minimum atomic E-state index is -4.39. The molecule has 41 heteroatoms. The molecule has 0 aromatic heterocycles. The van der Waals surface area contributed by atoms with Crippen molar-refractivity contribution in [2.45, 2.75) is 168 Å². The third-order valence-electron chi connectivity index (χ3n) is 23.2. The molecule has 8 aromatic carbocycles. The maximum atomic E-state index is 15.4. The number of amides is 6. The van der Waals surface area contributed by atoms with E-state index in [2.05, 4.69) is 61.0 Å². The largest absolute Gasteiger partial charge is 0.393 e. The first kappa shape index (κ1) is 99.6. The third-order valence-corrected chi connectivity index (χ3v) is 24.4. The van der Waals surface area contributed by atoms with Crippen LogP contribution in [0, 0.1) is 69.8 Å². The molecule has 0 saturated carbocycles. The summed E-state index contributed by atoms with van der Waals surface area (Å²) < 4.78 is 299. The summed E-state index contributed by atoms with van der Waals surface area (Å²) in [6.45, 7) is 8.38. The highest BCUT2D eigenvalue weighted by Crippen LogP contribution is 2.50. The van der Waals surface area contributed by atoms with E-state index in [0.717, 1.165) is 60.4 Å². The van der Waals surface area contributed by atoms with Gasteiger partial charge in [0.05, 0.1) is 73.1 Å². The van der Waals surface area contributed by atoms with Crippen molar-refractivity contribution < 1.29 is 141 Å². The molecule has 0 spiro atoms. The molecule has 6 aliphatic heterocycles. The number of anilines is 4. The highest BCUT2D eigenvalue weighted by atomic mass is 79.9. The van der Waals surface area contributed by atoms with E-state index in [9.17, 15) is 124 Å². The van der Waals surface area contributed by atoms with Gasteiger partial charge in [-0.05, 0) is 225 Å². The predicted octanol–water partition coefficient (Wildman–Crippen LogP) is 19.4. The molecular weight excluding hydrogens is 1900 g/mol. The van der Waals surface area contributed by atoms with Gasteiger partial charge in [0.2, 0.25) is 0 Å². The van der Waals surface area contributed by atoms with Crippen LogP contribution in [0.3, 0.4) is 0 Å². The average molecular weight is 1980 g/mol. The Labute approximate surface area is 744 Å². The van der Waals surface area contributed by atoms with Crippen molar-refractivity contribution in [2.75, 3.05) is 47.4 Å². The zero-order chi connectivity index (χ0) is 95.7. The maximum Gasteiger partial charge on any atom is 0.352 e. The van der Waals surface area contributed by atoms with Gasteiger partial charge in [0.15, 0.2) is 40.6 Å². The van der Waals surface area contributed by atoms with Crippen LogP contribution >= 0.6 is 31.9 Å². The molecule has 6 fully saturated rings. The molecule has 0 radical (unpaired) electrons. The van der Waals surface area contributed by atoms with Crippen molar-refractivity contribution in [3.63, 3.8) is 0 Å². The molecule has 14 rings (SSSR count). The van der Waals surface area contributed by atoms with Crippen molar-refractivity contribution in [2.24, 2.45) is 0 Å². The first-order valence-corrected chi connectivity index (χ1v) is 41.5. The molecule has 8 atom stereocenters. The quantitative estimate of drug-likeness (QED) is 0.0278. The molecule has 130 heavy (non-hydrogen) atoms. The summed E-state index contributed by atoms with van der Waals surface area (Å²) in [6, 6.07) is 17.1. The Morgan fingerprint density at radius 3 is 0.977 bits per heavy atom. The second-order valence-corrected chi connectivity index (χ2v) is 33.8. The highest BCUT2D eigenvalue weighted by molar-refractivity contribution is 9.10. The fourth-order valence-corrected chi connectivity index (χ4v) is 16.8. The van der Waals surface area contributed by atoms with Gasteiger partial charge in [0.25, 0.3) is 35.4 Å². The average Bonchev–Trinajstić information content (AvgIpc) is 1.29. The number of alkyl halides is 9. The summed E-state index contributed by atoms with van der Waals surface area (Å²) in [4.78, 5) is 79.0. The number of hydrogen-bond acceptors (Lipinski definition) is 12. The van der Waals surface area contributed by atoms with E-state index in [1.807, 2.05) is 5.32 Å². The second-order valence-electron chi connectivity index (χ2n) is 32.1. The molecule has 6 amide bonds. The Morgan fingerprint density at radius 1 is 0.400 bits per heavy atom. The highest BCUT2D eigenvalue weighted by Gasteiger charge is 2.54. The number of aliphatic hydroxyl groups is 4. The first-order valence-electron chi connectivity index (χ1n) is 39.9. The normalized spacial score (nSPS) is 20.6. The standard InChI is InChI=1S/C23H21BrF4N2O2.C23H20F6N2O2.C22H20F6N2O3.C21H18BrF5N2O3/c1-12(30-15-4-5-16(30)11-17(31)10-15)23(27,28)18-8-13(2-6-20(18)25)22(32)29-14-3-7-21(26)19(24)9-14;1-11(31-14-3-4-15(31)10-16(32)9-14)23(28,29)17-6-12(2-5-18(17)24)22(33)30-13-7-19(25)21(27)20(26)8-13;1-2-21(33)5-7-30(8-6-21)20(32)22(27,28)14-9-12(3-4-15(14)23)19(31)29-13-10-16(24)18(26)17(25)11-13;1-20(25)10-29(7-6-17(20)30)19(32)21(26,27)13-8-11(2-4-15(13)23)18(31)28-12-3-5-16(24)14(22)9-12/h2-3,6-9,15-17,31H,1,4-5,10-11H2,(H,29,32);2,5-8,14-16,32H,1,3-4,9-10H2,(H,30,33);3-4,9-11,33H,2,5-8H2,1H3,(H,29,31);2-5,8-9,17,30H,6-7,10H2,1H3,(H,28,31)/t15-,16+,17?;14-,15+,16?;;. The minimum absolute atomic E-state index is 0.0544. The topological polar surface area (TPSA) is 244 Å². The molecule has 4 unspecified atom stereocenters. The molecular formula is C89H79Br2F21N8O10. The minimum Gasteiger partial charge on any atom is -0.393 e. The molecule has 8 N–H and O–H groups in total. The fourth-order valence-electron chi connectivity index (χ4n) is 16.1. The van der Waals surface area contributed by atoms with Crippen molar-refractivity contribution in [1.82, 2.24) is 19.6 Å². The van der Waals surface area contributed by atoms with E-state index in [4.69, 9.17) is 0 Å². The van der Waals surface area contributed by atoms with Crippen LogP contribution in [0.4, 0.5) is 115 Å². The molecule has 6 saturated heterocycles. The molecule has 18 nitrogen and oxygen atoms in total. The second kappa shape index (κ2) is 39.6. The predicted molar refractivity (Wildman–Crippen MR) is 438 cm³/mol. The summed E-state index contributed by atoms with van der Waals surface area (Å²) >= 11 is 5.95. The van der Waals surface area contributed by atoms with Crippen LogP contribution < -0.4 is 21.3 Å². The Balaban J connectivity index is 0.000000168. The van der Waals surface area contributed by atoms with Gasteiger partial charge in [-0.3, -0.25) is 28.8 Å². The summed E-state index contributed by atoms with van der Waals surface area (Å²) in [7, 11) is 0. The molecule has 0 aliphatic carbocycles. The van der Waals surface area contributed by atoms with Gasteiger partial charge in [0, 0.05) is 113 Å². The van der Waals surface area contributed by atoms with Crippen LogP contribution in [0.5, 0.6) is 0 Å². The number of carbonyl (C=O) groups is 6. The number of halogens is 23. The molecule has 6 aliphatic rings. The Hall–Kier alpha value is -11.0. The molecule has 696 valence electrons. The van der Waals surface area contributed by atoms with E-state index >= 15 is 17.6 Å². The number of benzene rings is 8. The van der Waals surface area contributed by atoms with Gasteiger partial charge in [0.1, 0.15) is 34.9 Å². The van der Waals surface area contributed by atoms with Crippen LogP contribution in [0.15, 0.2) is 167 Å². The Morgan fingerprint density at radius 2 is 0.685 bits per heavy atom. The van der Waals surface area contributed by atoms with Crippen LogP contribution in [-0.4, -0.2) is 155 Å². The number of allylic oxidation sites excluding steroid dienone is 2. The Kier molecular flexibility index (Phi) is 30.3. The number of rotatable bonds is 19. The van der Waals surface area contributed by atoms with Gasteiger partial charge in [-0.1, -0.05) is 20.1 Å². The fraction of sp³-hybridized carbons (Fsp3) is 0.348. The molecule has 8 aromatic rings. The van der Waals surface area contributed by atoms with Gasteiger partial charge in [-0.25, -0.2) is 57.1 Å². The monoisotopic (exact) mass is 1980 g/mol. The number of hydrogen-bond donors (Lipinski definition) is 8. The van der Waals surface area contributed by atoms with Crippen molar-refractivity contribution in [1.29, 1.82) is 0 Å². The number of nitrogens with one attached hydrogen (secondary N) is 4. The zero-order valence-corrected chi connectivity index (χ0v) is 71.4. The molecule has 4 bridgehead atoms. The van der Waals surface area contributed by atoms with Gasteiger partial charge < -0.3 is 61.3 Å². The molecule has 6 heterocycles. The van der Waals surface area contributed by atoms with Crippen LogP contribution in [0.1, 0.15) is 155 Å². The summed E-state index contributed by atoms with van der Waals surface area (Å²) in [6.07, 6.45) is 1.62. The number of likely N-dealkylation sites (tertiary alicyclic amines) is 2. The smallest absolute Gasteiger partial charge is 0.352 e. The summed E-state index contributed by atoms with van der Waals surface area (Å²) in [5.74, 6) is -39.8. The SMILES string of the molecule is C=C(N1[C@@H]2CC[C@H]1CC(O)C2)C(F)(F)c1cc(C(=O)Nc2cc(F)c(F)c(F)c2)ccc1F.C=C(N1[C@@H]2CC[C@H]1CC(O)C2)C(F)(F)c1cc(C(=O)Nc2ccc(F)c(Br)c2)ccc1F.CC1(F)CN(C(=O)C(F)(F)c2cc(C(=O)Nc3ccc(F)c(Br)c3)ccc2F)CCC1O.CCC1(O)CCN(C(=O)C(F)(F)c2cc(C(=O)Nc3cc(F)c(F)c(F)c3)ccc2F)CC1. The number of aliphatic hydroxyl groups excluding tert-OH is 3. The summed E-state index contributed by atoms with van der Waals surface area (Å²) in [5, 5.41) is 48.6. The lowest BCUT2D eigenvalue weighted by Crippen LogP contribution is -2.56. The number of carbonyl (C=O) groups excluding carboxylic acids is 6. The van der Waals surface area contributed by atoms with Crippen molar-refractivity contribution in [3.05, 3.63) is 281 Å². The van der Waals surface area contributed by atoms with Crippen LogP contribution in [0.25, 0.3) is 0 Å². The Bertz CT molecular complexity index is 5640. The lowest BCUT2D eigenvalue weighted by molar-refractivity contribution is -0.167. The third kappa shape index (κ3) is 21.9. The lowest BCUT2D eigenvalue weighted by Gasteiger charge is -2.42. The number of nitrogens with zero attached hydrogens (tertiary/aromatic N) is 4. The van der Waals surface area contributed by atoms with E-state index in [1.54, 1.807) is 6.92 Å². The van der Waals surface area contributed by atoms with Gasteiger partial charge in [-0.2, -0.15) is 35.1 Å².